The molecule has 0 spiro atoms. The molecule has 0 aliphatic heterocycles. The minimum Gasteiger partial charge on any atom is -0.504 e. The lowest BCUT2D eigenvalue weighted by Crippen LogP contribution is -2.24. The lowest BCUT2D eigenvalue weighted by molar-refractivity contribution is 0.264. The summed E-state index contributed by atoms with van der Waals surface area (Å²) in [5, 5.41) is 9.67. The number of rotatable bonds is 6. The maximum absolute atomic E-state index is 9.67. The van der Waals surface area contributed by atoms with Crippen molar-refractivity contribution in [3.05, 3.63) is 59.7 Å². The molecule has 2 aromatic rings. The fraction of sp³-hybridized carbons (Fsp3) is 0.333. The number of hydrogen-bond donors (Lipinski definition) is 1. The van der Waals surface area contributed by atoms with Crippen LogP contribution in [0.4, 0.5) is 0 Å². The van der Waals surface area contributed by atoms with Crippen molar-refractivity contribution >= 4 is 0 Å². The molecule has 0 fully saturated rings. The second kappa shape index (κ2) is 7.14. The first kappa shape index (κ1) is 15.4. The van der Waals surface area contributed by atoms with Crippen molar-refractivity contribution in [3.63, 3.8) is 0 Å². The first-order chi connectivity index (χ1) is 10.1. The van der Waals surface area contributed by atoms with E-state index in [0.29, 0.717) is 5.75 Å². The monoisotopic (exact) mass is 285 g/mol. The Kier molecular flexibility index (Phi) is 5.23. The van der Waals surface area contributed by atoms with E-state index in [0.717, 1.165) is 18.5 Å². The fourth-order valence-corrected chi connectivity index (χ4v) is 2.35. The van der Waals surface area contributed by atoms with Gasteiger partial charge in [-0.2, -0.15) is 0 Å². The number of likely N-dealkylation sites (N-methyl/N-ethyl adjacent to an activating group) is 1. The SMILES string of the molecule is COc1cc(C(C)N(C)CCc2ccccc2)ccc1O. The molecule has 1 unspecified atom stereocenters. The average Bonchev–Trinajstić information content (AvgIpc) is 2.53. The van der Waals surface area contributed by atoms with Crippen LogP contribution in [-0.4, -0.2) is 30.7 Å². The number of ether oxygens (including phenoxy) is 1. The largest absolute Gasteiger partial charge is 0.504 e. The van der Waals surface area contributed by atoms with Gasteiger partial charge in [0.1, 0.15) is 0 Å². The first-order valence-electron chi connectivity index (χ1n) is 7.23. The third-order valence-corrected chi connectivity index (χ3v) is 3.94. The van der Waals surface area contributed by atoms with Crippen LogP contribution in [0.15, 0.2) is 48.5 Å². The maximum Gasteiger partial charge on any atom is 0.160 e. The highest BCUT2D eigenvalue weighted by Crippen LogP contribution is 2.30. The molecule has 0 radical (unpaired) electrons. The number of phenolic OH excluding ortho intramolecular Hbond substituents is 1. The molecular formula is C18H23NO2. The van der Waals surface area contributed by atoms with Crippen molar-refractivity contribution in [1.82, 2.24) is 4.90 Å². The summed E-state index contributed by atoms with van der Waals surface area (Å²) in [5.74, 6) is 0.705. The van der Waals surface area contributed by atoms with Gasteiger partial charge in [0, 0.05) is 12.6 Å². The molecule has 0 aliphatic rings. The average molecular weight is 285 g/mol. The zero-order valence-electron chi connectivity index (χ0n) is 12.9. The highest BCUT2D eigenvalue weighted by atomic mass is 16.5. The minimum absolute atomic E-state index is 0.181. The van der Waals surface area contributed by atoms with Crippen LogP contribution in [-0.2, 0) is 6.42 Å². The van der Waals surface area contributed by atoms with Crippen molar-refractivity contribution in [2.24, 2.45) is 0 Å². The smallest absolute Gasteiger partial charge is 0.160 e. The van der Waals surface area contributed by atoms with E-state index in [2.05, 4.69) is 43.1 Å². The molecule has 0 aliphatic carbocycles. The predicted octanol–water partition coefficient (Wildman–Crippen LogP) is 3.64. The summed E-state index contributed by atoms with van der Waals surface area (Å²) in [7, 11) is 3.69. The fourth-order valence-electron chi connectivity index (χ4n) is 2.35. The van der Waals surface area contributed by atoms with Gasteiger partial charge in [-0.3, -0.25) is 4.90 Å². The third kappa shape index (κ3) is 3.99. The van der Waals surface area contributed by atoms with Gasteiger partial charge in [0.2, 0.25) is 0 Å². The van der Waals surface area contributed by atoms with E-state index >= 15 is 0 Å². The van der Waals surface area contributed by atoms with Gasteiger partial charge in [0.05, 0.1) is 7.11 Å². The summed E-state index contributed by atoms with van der Waals surface area (Å²) in [6.07, 6.45) is 1.02. The van der Waals surface area contributed by atoms with Crippen LogP contribution in [0.3, 0.4) is 0 Å². The summed E-state index contributed by atoms with van der Waals surface area (Å²) in [4.78, 5) is 2.30. The zero-order valence-corrected chi connectivity index (χ0v) is 12.9. The molecule has 1 atom stereocenters. The summed E-state index contributed by atoms with van der Waals surface area (Å²) in [6.45, 7) is 3.14. The molecule has 3 nitrogen and oxygen atoms in total. The second-order valence-electron chi connectivity index (χ2n) is 5.32. The van der Waals surface area contributed by atoms with Gasteiger partial charge in [-0.25, -0.2) is 0 Å². The number of benzene rings is 2. The maximum atomic E-state index is 9.67. The summed E-state index contributed by atoms with van der Waals surface area (Å²) < 4.78 is 5.18. The van der Waals surface area contributed by atoms with E-state index in [1.807, 2.05) is 18.2 Å². The van der Waals surface area contributed by atoms with E-state index in [-0.39, 0.29) is 11.8 Å². The van der Waals surface area contributed by atoms with Crippen LogP contribution in [0.1, 0.15) is 24.1 Å². The van der Waals surface area contributed by atoms with Gasteiger partial charge in [0.15, 0.2) is 11.5 Å². The van der Waals surface area contributed by atoms with Gasteiger partial charge in [-0.15, -0.1) is 0 Å². The standard InChI is InChI=1S/C18H23NO2/c1-14(16-9-10-17(20)18(13-16)21-3)19(2)12-11-15-7-5-4-6-8-15/h4-10,13-14,20H,11-12H2,1-3H3. The Morgan fingerprint density at radius 3 is 2.52 bits per heavy atom. The molecule has 0 bridgehead atoms. The van der Waals surface area contributed by atoms with E-state index in [4.69, 9.17) is 4.74 Å². The molecule has 0 amide bonds. The number of aromatic hydroxyl groups is 1. The lowest BCUT2D eigenvalue weighted by atomic mass is 10.1. The van der Waals surface area contributed by atoms with Crippen LogP contribution in [0.2, 0.25) is 0 Å². The van der Waals surface area contributed by atoms with Gasteiger partial charge < -0.3 is 9.84 Å². The number of nitrogens with zero attached hydrogens (tertiary/aromatic N) is 1. The Bertz CT molecular complexity index is 569. The topological polar surface area (TPSA) is 32.7 Å². The number of hydrogen-bond acceptors (Lipinski definition) is 3. The Hall–Kier alpha value is -2.00. The lowest BCUT2D eigenvalue weighted by Gasteiger charge is -2.25. The highest BCUT2D eigenvalue weighted by Gasteiger charge is 2.13. The Balaban J connectivity index is 2.00. The molecular weight excluding hydrogens is 262 g/mol. The Labute approximate surface area is 126 Å². The van der Waals surface area contributed by atoms with E-state index in [9.17, 15) is 5.11 Å². The summed E-state index contributed by atoms with van der Waals surface area (Å²) in [6, 6.07) is 16.3. The molecule has 1 N–H and O–H groups in total. The van der Waals surface area contributed by atoms with Crippen LogP contribution in [0.25, 0.3) is 0 Å². The van der Waals surface area contributed by atoms with Crippen molar-refractivity contribution in [1.29, 1.82) is 0 Å². The molecule has 0 heterocycles. The number of phenols is 1. The summed E-state index contributed by atoms with van der Waals surface area (Å²) >= 11 is 0. The van der Waals surface area contributed by atoms with Crippen LogP contribution < -0.4 is 4.74 Å². The molecule has 2 rings (SSSR count). The van der Waals surface area contributed by atoms with Gasteiger partial charge in [0.25, 0.3) is 0 Å². The molecule has 112 valence electrons. The second-order valence-corrected chi connectivity index (χ2v) is 5.32. The van der Waals surface area contributed by atoms with Crippen molar-refractivity contribution in [2.45, 2.75) is 19.4 Å². The van der Waals surface area contributed by atoms with Gasteiger partial charge >= 0.3 is 0 Å². The van der Waals surface area contributed by atoms with Crippen LogP contribution in [0, 0.1) is 0 Å². The van der Waals surface area contributed by atoms with Crippen molar-refractivity contribution in [3.8, 4) is 11.5 Å². The quantitative estimate of drug-likeness (QED) is 0.879. The van der Waals surface area contributed by atoms with Crippen LogP contribution in [0.5, 0.6) is 11.5 Å². The van der Waals surface area contributed by atoms with E-state index in [1.54, 1.807) is 13.2 Å². The van der Waals surface area contributed by atoms with Crippen LogP contribution >= 0.6 is 0 Å². The normalized spacial score (nSPS) is 12.4. The highest BCUT2D eigenvalue weighted by molar-refractivity contribution is 5.42. The van der Waals surface area contributed by atoms with Crippen molar-refractivity contribution in [2.75, 3.05) is 20.7 Å². The van der Waals surface area contributed by atoms with E-state index in [1.165, 1.54) is 5.56 Å². The third-order valence-electron chi connectivity index (χ3n) is 3.94. The minimum atomic E-state index is 0.181. The molecule has 2 aromatic carbocycles. The molecule has 0 saturated carbocycles. The molecule has 0 saturated heterocycles. The Morgan fingerprint density at radius 2 is 1.86 bits per heavy atom. The first-order valence-corrected chi connectivity index (χ1v) is 7.23. The molecule has 21 heavy (non-hydrogen) atoms. The zero-order chi connectivity index (χ0) is 15.2. The molecule has 0 aromatic heterocycles. The van der Waals surface area contributed by atoms with Gasteiger partial charge in [-0.05, 0) is 43.7 Å². The van der Waals surface area contributed by atoms with Gasteiger partial charge in [-0.1, -0.05) is 36.4 Å². The van der Waals surface area contributed by atoms with Crippen molar-refractivity contribution < 1.29 is 9.84 Å². The predicted molar refractivity (Wildman–Crippen MR) is 85.8 cm³/mol. The van der Waals surface area contributed by atoms with E-state index < -0.39 is 0 Å². The number of methoxy groups -OCH3 is 1. The molecule has 3 heteroatoms. The summed E-state index contributed by atoms with van der Waals surface area (Å²) in [5.41, 5.74) is 2.49. The Morgan fingerprint density at radius 1 is 1.14 bits per heavy atom.